The average Bonchev–Trinajstić information content (AvgIpc) is 3.14. The van der Waals surface area contributed by atoms with Crippen LogP contribution in [0.1, 0.15) is 31.5 Å². The Morgan fingerprint density at radius 2 is 2.00 bits per heavy atom. The van der Waals surface area contributed by atoms with Crippen molar-refractivity contribution in [1.82, 2.24) is 15.3 Å². The molecule has 1 aliphatic carbocycles. The molecular weight excluding hydrogens is 306 g/mol. The fourth-order valence-corrected chi connectivity index (χ4v) is 3.31. The molecule has 24 heavy (non-hydrogen) atoms. The summed E-state index contributed by atoms with van der Waals surface area (Å²) in [4.78, 5) is 23.1. The summed E-state index contributed by atoms with van der Waals surface area (Å²) in [5, 5.41) is 6.30. The van der Waals surface area contributed by atoms with E-state index >= 15 is 0 Å². The minimum Gasteiger partial charge on any atom is -0.378 e. The predicted molar refractivity (Wildman–Crippen MR) is 93.3 cm³/mol. The van der Waals surface area contributed by atoms with Crippen molar-refractivity contribution in [2.45, 2.75) is 32.6 Å². The second-order valence-corrected chi connectivity index (χ2v) is 6.46. The van der Waals surface area contributed by atoms with Gasteiger partial charge in [0.25, 0.3) is 0 Å². The fourth-order valence-electron chi connectivity index (χ4n) is 3.31. The Morgan fingerprint density at radius 1 is 1.25 bits per heavy atom. The minimum absolute atomic E-state index is 0.196. The quantitative estimate of drug-likeness (QED) is 0.765. The van der Waals surface area contributed by atoms with Gasteiger partial charge < -0.3 is 20.3 Å². The van der Waals surface area contributed by atoms with Crippen molar-refractivity contribution in [3.05, 3.63) is 11.9 Å². The van der Waals surface area contributed by atoms with Crippen molar-refractivity contribution in [3.63, 3.8) is 0 Å². The van der Waals surface area contributed by atoms with Gasteiger partial charge in [-0.05, 0) is 19.8 Å². The Labute approximate surface area is 143 Å². The topological polar surface area (TPSA) is 79.4 Å². The molecule has 2 fully saturated rings. The van der Waals surface area contributed by atoms with Crippen LogP contribution < -0.4 is 15.5 Å². The molecule has 1 amide bonds. The van der Waals surface area contributed by atoms with Crippen LogP contribution in [0, 0.1) is 12.8 Å². The maximum atomic E-state index is 12.0. The minimum atomic E-state index is 0.196. The summed E-state index contributed by atoms with van der Waals surface area (Å²) in [6, 6.07) is 1.97. The van der Waals surface area contributed by atoms with E-state index in [4.69, 9.17) is 4.74 Å². The third-order valence-corrected chi connectivity index (χ3v) is 4.62. The number of hydrogen-bond donors (Lipinski definition) is 2. The zero-order valence-corrected chi connectivity index (χ0v) is 14.4. The van der Waals surface area contributed by atoms with Gasteiger partial charge in [-0.15, -0.1) is 0 Å². The average molecular weight is 333 g/mol. The summed E-state index contributed by atoms with van der Waals surface area (Å²) < 4.78 is 5.38. The van der Waals surface area contributed by atoms with Gasteiger partial charge in [-0.3, -0.25) is 4.79 Å². The van der Waals surface area contributed by atoms with Gasteiger partial charge >= 0.3 is 0 Å². The van der Waals surface area contributed by atoms with Gasteiger partial charge in [-0.2, -0.15) is 0 Å². The summed E-state index contributed by atoms with van der Waals surface area (Å²) in [7, 11) is 0. The highest BCUT2D eigenvalue weighted by Crippen LogP contribution is 2.24. The van der Waals surface area contributed by atoms with E-state index in [2.05, 4.69) is 25.5 Å². The van der Waals surface area contributed by atoms with Crippen LogP contribution in [-0.2, 0) is 9.53 Å². The molecule has 1 saturated carbocycles. The van der Waals surface area contributed by atoms with Gasteiger partial charge in [0.05, 0.1) is 13.2 Å². The smallest absolute Gasteiger partial charge is 0.223 e. The molecule has 1 aromatic heterocycles. The molecule has 3 rings (SSSR count). The van der Waals surface area contributed by atoms with Gasteiger partial charge in [0.2, 0.25) is 5.91 Å². The number of hydrogen-bond acceptors (Lipinski definition) is 6. The van der Waals surface area contributed by atoms with E-state index in [1.165, 1.54) is 12.8 Å². The molecule has 0 bridgehead atoms. The van der Waals surface area contributed by atoms with Crippen LogP contribution in [0.5, 0.6) is 0 Å². The van der Waals surface area contributed by atoms with Crippen molar-refractivity contribution in [2.24, 2.45) is 5.92 Å². The summed E-state index contributed by atoms with van der Waals surface area (Å²) in [6.45, 7) is 6.36. The Kier molecular flexibility index (Phi) is 5.85. The maximum absolute atomic E-state index is 12.0. The third-order valence-electron chi connectivity index (χ3n) is 4.62. The van der Waals surface area contributed by atoms with E-state index in [1.54, 1.807) is 0 Å². The molecule has 0 aromatic carbocycles. The van der Waals surface area contributed by atoms with Gasteiger partial charge in [0, 0.05) is 38.2 Å². The van der Waals surface area contributed by atoms with E-state index in [-0.39, 0.29) is 11.8 Å². The number of ether oxygens (including phenoxy) is 1. The Balaban J connectivity index is 1.47. The summed E-state index contributed by atoms with van der Waals surface area (Å²) in [5.41, 5.74) is 0. The lowest BCUT2D eigenvalue weighted by atomic mass is 10.1. The number of rotatable bonds is 6. The first-order valence-electron chi connectivity index (χ1n) is 8.92. The molecular formula is C17H27N5O2. The molecule has 2 heterocycles. The number of aryl methyl sites for hydroxylation is 1. The van der Waals surface area contributed by atoms with Crippen LogP contribution in [0.2, 0.25) is 0 Å². The number of nitrogens with one attached hydrogen (secondary N) is 2. The molecule has 0 radical (unpaired) electrons. The molecule has 0 spiro atoms. The lowest BCUT2D eigenvalue weighted by Crippen LogP contribution is -2.37. The number of aromatic nitrogens is 2. The highest BCUT2D eigenvalue weighted by molar-refractivity contribution is 5.78. The van der Waals surface area contributed by atoms with Crippen molar-refractivity contribution >= 4 is 17.5 Å². The number of morpholine rings is 1. The zero-order chi connectivity index (χ0) is 16.8. The van der Waals surface area contributed by atoms with Gasteiger partial charge in [0.1, 0.15) is 17.5 Å². The maximum Gasteiger partial charge on any atom is 0.223 e. The monoisotopic (exact) mass is 333 g/mol. The van der Waals surface area contributed by atoms with E-state index in [0.717, 1.165) is 56.6 Å². The van der Waals surface area contributed by atoms with E-state index in [0.29, 0.717) is 13.1 Å². The molecule has 2 aliphatic rings. The number of amides is 1. The molecule has 1 aromatic rings. The summed E-state index contributed by atoms with van der Waals surface area (Å²) in [6.07, 6.45) is 4.43. The fraction of sp³-hybridized carbons (Fsp3) is 0.706. The van der Waals surface area contributed by atoms with E-state index in [9.17, 15) is 4.79 Å². The molecule has 2 N–H and O–H groups in total. The number of anilines is 2. The lowest BCUT2D eigenvalue weighted by molar-refractivity contribution is -0.124. The molecule has 0 atom stereocenters. The van der Waals surface area contributed by atoms with Crippen LogP contribution in [0.3, 0.4) is 0 Å². The molecule has 7 heteroatoms. The number of carbonyl (C=O) groups excluding carboxylic acids is 1. The second-order valence-electron chi connectivity index (χ2n) is 6.46. The van der Waals surface area contributed by atoms with E-state index < -0.39 is 0 Å². The first-order valence-corrected chi connectivity index (χ1v) is 8.92. The zero-order valence-electron chi connectivity index (χ0n) is 14.4. The first-order chi connectivity index (χ1) is 11.7. The highest BCUT2D eigenvalue weighted by Gasteiger charge is 2.21. The van der Waals surface area contributed by atoms with Crippen LogP contribution >= 0.6 is 0 Å². The molecule has 1 saturated heterocycles. The number of carbonyl (C=O) groups is 1. The van der Waals surface area contributed by atoms with Gasteiger partial charge in [-0.25, -0.2) is 9.97 Å². The Hall–Kier alpha value is -1.89. The van der Waals surface area contributed by atoms with Crippen LogP contribution in [0.15, 0.2) is 6.07 Å². The lowest BCUT2D eigenvalue weighted by Gasteiger charge is -2.28. The predicted octanol–water partition coefficient (Wildman–Crippen LogP) is 1.34. The highest BCUT2D eigenvalue weighted by atomic mass is 16.5. The van der Waals surface area contributed by atoms with E-state index in [1.807, 2.05) is 13.0 Å². The van der Waals surface area contributed by atoms with Crippen molar-refractivity contribution in [1.29, 1.82) is 0 Å². The van der Waals surface area contributed by atoms with Crippen LogP contribution in [-0.4, -0.2) is 55.3 Å². The summed E-state index contributed by atoms with van der Waals surface area (Å²) >= 11 is 0. The summed E-state index contributed by atoms with van der Waals surface area (Å²) in [5.74, 6) is 2.90. The molecule has 0 unspecified atom stereocenters. The standard InChI is InChI=1S/C17H27N5O2/c1-13-20-15(12-16(21-13)22-8-10-24-11-9-22)18-6-7-19-17(23)14-4-2-3-5-14/h12,14H,2-11H2,1H3,(H,19,23)(H,18,20,21). The van der Waals surface area contributed by atoms with Crippen LogP contribution in [0.4, 0.5) is 11.6 Å². The normalized spacial score (nSPS) is 18.6. The number of nitrogens with zero attached hydrogens (tertiary/aromatic N) is 3. The largest absolute Gasteiger partial charge is 0.378 e. The van der Waals surface area contributed by atoms with Crippen LogP contribution in [0.25, 0.3) is 0 Å². The molecule has 1 aliphatic heterocycles. The molecule has 132 valence electrons. The Bertz CT molecular complexity index is 554. The van der Waals surface area contributed by atoms with Gasteiger partial charge in [-0.1, -0.05) is 12.8 Å². The van der Waals surface area contributed by atoms with Crippen molar-refractivity contribution in [3.8, 4) is 0 Å². The SMILES string of the molecule is Cc1nc(NCCNC(=O)C2CCCC2)cc(N2CCOCC2)n1. The van der Waals surface area contributed by atoms with Crippen molar-refractivity contribution in [2.75, 3.05) is 49.6 Å². The molecule has 7 nitrogen and oxygen atoms in total. The second kappa shape index (κ2) is 8.28. The van der Waals surface area contributed by atoms with Gasteiger partial charge in [0.15, 0.2) is 0 Å². The van der Waals surface area contributed by atoms with Crippen molar-refractivity contribution < 1.29 is 9.53 Å². The first kappa shape index (κ1) is 17.0. The Morgan fingerprint density at radius 3 is 2.75 bits per heavy atom. The third kappa shape index (κ3) is 4.56.